The van der Waals surface area contributed by atoms with Crippen molar-refractivity contribution in [1.29, 1.82) is 0 Å². The molecule has 30 heavy (non-hydrogen) atoms. The van der Waals surface area contributed by atoms with E-state index in [1.165, 1.54) is 4.88 Å². The second-order valence-corrected chi connectivity index (χ2v) is 8.95. The number of hydrazine groups is 1. The van der Waals surface area contributed by atoms with E-state index < -0.39 is 0 Å². The van der Waals surface area contributed by atoms with Crippen molar-refractivity contribution in [2.24, 2.45) is 5.92 Å². The Kier molecular flexibility index (Phi) is 5.45. The monoisotopic (exact) mass is 427 g/mol. The normalized spacial score (nSPS) is 24.1. The number of rotatable bonds is 4. The van der Waals surface area contributed by atoms with E-state index in [4.69, 9.17) is 9.47 Å². The van der Waals surface area contributed by atoms with Gasteiger partial charge in [0, 0.05) is 29.4 Å². The summed E-state index contributed by atoms with van der Waals surface area (Å²) in [6, 6.07) is 9.48. The molecule has 2 saturated heterocycles. The molecule has 3 aliphatic rings. The van der Waals surface area contributed by atoms with E-state index in [-0.39, 0.29) is 29.7 Å². The van der Waals surface area contributed by atoms with Crippen molar-refractivity contribution in [2.45, 2.75) is 31.3 Å². The first-order valence-electron chi connectivity index (χ1n) is 10.5. The van der Waals surface area contributed by atoms with Crippen LogP contribution in [0.5, 0.6) is 11.5 Å². The highest BCUT2D eigenvalue weighted by Gasteiger charge is 2.36. The maximum Gasteiger partial charge on any atom is 0.241 e. The average molecular weight is 428 g/mol. The summed E-state index contributed by atoms with van der Waals surface area (Å²) < 4.78 is 11.1. The third-order valence-electron chi connectivity index (χ3n) is 6.09. The molecule has 0 saturated carbocycles. The van der Waals surface area contributed by atoms with Crippen molar-refractivity contribution in [3.8, 4) is 11.5 Å². The maximum atomic E-state index is 13.0. The highest BCUT2D eigenvalue weighted by atomic mass is 32.1. The third kappa shape index (κ3) is 3.82. The fraction of sp³-hybridized carbons (Fsp3) is 0.455. The summed E-state index contributed by atoms with van der Waals surface area (Å²) in [4.78, 5) is 29.0. The van der Waals surface area contributed by atoms with Gasteiger partial charge in [-0.05, 0) is 48.9 Å². The van der Waals surface area contributed by atoms with Crippen LogP contribution in [0.1, 0.15) is 40.5 Å². The molecule has 1 aromatic heterocycles. The number of hydrogen-bond acceptors (Lipinski definition) is 7. The number of likely N-dealkylation sites (tertiary alicyclic amines) is 1. The van der Waals surface area contributed by atoms with Crippen LogP contribution >= 0.6 is 11.3 Å². The summed E-state index contributed by atoms with van der Waals surface area (Å²) in [6.07, 6.45) is 2.12. The smallest absolute Gasteiger partial charge is 0.241 e. The minimum Gasteiger partial charge on any atom is -0.486 e. The zero-order chi connectivity index (χ0) is 20.5. The molecule has 2 fully saturated rings. The van der Waals surface area contributed by atoms with E-state index in [1.807, 2.05) is 23.1 Å². The number of ketones is 1. The summed E-state index contributed by atoms with van der Waals surface area (Å²) in [7, 11) is 0. The van der Waals surface area contributed by atoms with Gasteiger partial charge in [-0.25, -0.2) is 10.9 Å². The van der Waals surface area contributed by atoms with Crippen LogP contribution in [0, 0.1) is 5.92 Å². The van der Waals surface area contributed by atoms with Crippen LogP contribution in [0.25, 0.3) is 0 Å². The number of fused-ring (bicyclic) bond motifs is 1. The van der Waals surface area contributed by atoms with Crippen LogP contribution in [-0.2, 0) is 4.79 Å². The summed E-state index contributed by atoms with van der Waals surface area (Å²) in [5, 5.41) is 2.05. The van der Waals surface area contributed by atoms with Crippen molar-refractivity contribution < 1.29 is 19.1 Å². The third-order valence-corrected chi connectivity index (χ3v) is 7.08. The topological polar surface area (TPSA) is 79.9 Å². The SMILES string of the molecule is O=C(c1ccc2c(c1)OCCO2)C1CCN(C(=O)C2CC(c3cccs3)NN2)CC1. The van der Waals surface area contributed by atoms with Gasteiger partial charge in [0.05, 0.1) is 6.04 Å². The Balaban J connectivity index is 1.16. The molecule has 2 N–H and O–H groups in total. The van der Waals surface area contributed by atoms with E-state index in [0.29, 0.717) is 56.2 Å². The molecule has 2 unspecified atom stereocenters. The molecule has 2 aromatic rings. The van der Waals surface area contributed by atoms with Gasteiger partial charge in [-0.3, -0.25) is 9.59 Å². The molecule has 0 radical (unpaired) electrons. The van der Waals surface area contributed by atoms with Crippen molar-refractivity contribution in [2.75, 3.05) is 26.3 Å². The van der Waals surface area contributed by atoms with Crippen molar-refractivity contribution >= 4 is 23.0 Å². The van der Waals surface area contributed by atoms with Gasteiger partial charge in [0.2, 0.25) is 5.91 Å². The summed E-state index contributed by atoms with van der Waals surface area (Å²) >= 11 is 1.70. The van der Waals surface area contributed by atoms with E-state index in [1.54, 1.807) is 17.4 Å². The van der Waals surface area contributed by atoms with Crippen molar-refractivity contribution in [1.82, 2.24) is 15.8 Å². The molecule has 3 aliphatic heterocycles. The van der Waals surface area contributed by atoms with Gasteiger partial charge < -0.3 is 14.4 Å². The van der Waals surface area contributed by atoms with Crippen LogP contribution in [0.15, 0.2) is 35.7 Å². The number of hydrogen-bond donors (Lipinski definition) is 2. The number of carbonyl (C=O) groups excluding carboxylic acids is 2. The first kappa shape index (κ1) is 19.5. The number of Topliss-reactive ketones (excluding diaryl/α,β-unsaturated/α-hetero) is 1. The zero-order valence-corrected chi connectivity index (χ0v) is 17.5. The molecule has 4 heterocycles. The Labute approximate surface area is 179 Å². The molecule has 158 valence electrons. The summed E-state index contributed by atoms with van der Waals surface area (Å²) in [5.74, 6) is 1.51. The molecule has 0 bridgehead atoms. The molecule has 8 heteroatoms. The molecule has 1 amide bonds. The highest BCUT2D eigenvalue weighted by molar-refractivity contribution is 7.10. The highest BCUT2D eigenvalue weighted by Crippen LogP contribution is 2.33. The van der Waals surface area contributed by atoms with Gasteiger partial charge in [0.1, 0.15) is 19.3 Å². The lowest BCUT2D eigenvalue weighted by Gasteiger charge is -2.33. The first-order chi connectivity index (χ1) is 14.7. The molecule has 7 nitrogen and oxygen atoms in total. The Morgan fingerprint density at radius 2 is 1.83 bits per heavy atom. The lowest BCUT2D eigenvalue weighted by atomic mass is 9.88. The van der Waals surface area contributed by atoms with Gasteiger partial charge >= 0.3 is 0 Å². The molecular formula is C22H25N3O4S. The largest absolute Gasteiger partial charge is 0.486 e. The minimum absolute atomic E-state index is 0.0647. The number of ether oxygens (including phenoxy) is 2. The average Bonchev–Trinajstić information content (AvgIpc) is 3.50. The Morgan fingerprint density at radius 1 is 1.03 bits per heavy atom. The number of nitrogens with zero attached hydrogens (tertiary/aromatic N) is 1. The number of carbonyl (C=O) groups is 2. The molecule has 0 aliphatic carbocycles. The van der Waals surface area contributed by atoms with Crippen LogP contribution in [0.3, 0.4) is 0 Å². The summed E-state index contributed by atoms with van der Waals surface area (Å²) in [6.45, 7) is 2.26. The van der Waals surface area contributed by atoms with Crippen LogP contribution < -0.4 is 20.3 Å². The van der Waals surface area contributed by atoms with Crippen LogP contribution in [-0.4, -0.2) is 48.9 Å². The number of thiophene rings is 1. The predicted octanol–water partition coefficient (Wildman–Crippen LogP) is 2.55. The number of nitrogens with one attached hydrogen (secondary N) is 2. The van der Waals surface area contributed by atoms with Crippen LogP contribution in [0.2, 0.25) is 0 Å². The van der Waals surface area contributed by atoms with E-state index in [9.17, 15) is 9.59 Å². The molecular weight excluding hydrogens is 402 g/mol. The van der Waals surface area contributed by atoms with Crippen molar-refractivity contribution in [3.05, 3.63) is 46.2 Å². The van der Waals surface area contributed by atoms with Crippen LogP contribution in [0.4, 0.5) is 0 Å². The van der Waals surface area contributed by atoms with Gasteiger partial charge in [-0.2, -0.15) is 0 Å². The van der Waals surface area contributed by atoms with Crippen molar-refractivity contribution in [3.63, 3.8) is 0 Å². The fourth-order valence-corrected chi connectivity index (χ4v) is 5.20. The fourth-order valence-electron chi connectivity index (χ4n) is 4.41. The van der Waals surface area contributed by atoms with Gasteiger partial charge in [0.25, 0.3) is 0 Å². The molecule has 0 spiro atoms. The summed E-state index contributed by atoms with van der Waals surface area (Å²) in [5.41, 5.74) is 7.05. The van der Waals surface area contributed by atoms with Gasteiger partial charge in [-0.1, -0.05) is 6.07 Å². The lowest BCUT2D eigenvalue weighted by Crippen LogP contribution is -2.49. The maximum absolute atomic E-state index is 13.0. The Morgan fingerprint density at radius 3 is 2.60 bits per heavy atom. The van der Waals surface area contributed by atoms with Gasteiger partial charge in [-0.15, -0.1) is 11.3 Å². The molecule has 1 aromatic carbocycles. The lowest BCUT2D eigenvalue weighted by molar-refractivity contribution is -0.134. The zero-order valence-electron chi connectivity index (χ0n) is 16.6. The predicted molar refractivity (Wildman–Crippen MR) is 113 cm³/mol. The minimum atomic E-state index is -0.220. The molecule has 5 rings (SSSR count). The number of benzene rings is 1. The standard InChI is InChI=1S/C22H25N3O4S/c26-21(15-3-4-18-19(12-15)29-10-9-28-18)14-5-7-25(8-6-14)22(27)17-13-16(23-24-17)20-2-1-11-30-20/h1-4,11-12,14,16-17,23-24H,5-10,13H2. The first-order valence-corrected chi connectivity index (χ1v) is 11.3. The Bertz CT molecular complexity index is 924. The quantitative estimate of drug-likeness (QED) is 0.730. The second-order valence-electron chi connectivity index (χ2n) is 7.97. The number of piperidine rings is 1. The number of amides is 1. The molecule has 2 atom stereocenters. The van der Waals surface area contributed by atoms with Gasteiger partial charge in [0.15, 0.2) is 17.3 Å². The van der Waals surface area contributed by atoms with E-state index >= 15 is 0 Å². The van der Waals surface area contributed by atoms with E-state index in [0.717, 1.165) is 6.42 Å². The Hall–Kier alpha value is -2.42. The van der Waals surface area contributed by atoms with E-state index in [2.05, 4.69) is 22.3 Å². The second kappa shape index (κ2) is 8.37.